The molecule has 1 N–H and O–H groups in total. The second-order valence-electron chi connectivity index (χ2n) is 5.12. The molecule has 0 radical (unpaired) electrons. The van der Waals surface area contributed by atoms with E-state index in [0.717, 1.165) is 19.1 Å². The Morgan fingerprint density at radius 1 is 1.25 bits per heavy atom. The molecule has 5 heteroatoms. The standard InChI is InChI=1S/C6H12O3S.C5H10O/c1-6(3-4-6)5-9-10(2,7)8;1-5(4-6)2-3-5/h3-5H2,1-2H3;6H,2-4H2,1H3/i5D2;4D2. The van der Waals surface area contributed by atoms with Gasteiger partial charge < -0.3 is 5.11 Å². The highest BCUT2D eigenvalue weighted by atomic mass is 32.2. The van der Waals surface area contributed by atoms with Crippen molar-refractivity contribution >= 4 is 10.1 Å². The summed E-state index contributed by atoms with van der Waals surface area (Å²) in [7, 11) is -3.70. The highest BCUT2D eigenvalue weighted by Crippen LogP contribution is 2.45. The lowest BCUT2D eigenvalue weighted by molar-refractivity contribution is 0.224. The first-order chi connectivity index (χ1) is 8.62. The maximum atomic E-state index is 10.7. The normalized spacial score (nSPS) is 29.8. The molecule has 0 aromatic rings. The van der Waals surface area contributed by atoms with Gasteiger partial charge in [0.05, 0.1) is 18.3 Å². The maximum Gasteiger partial charge on any atom is 0.264 e. The van der Waals surface area contributed by atoms with Gasteiger partial charge in [-0.25, -0.2) is 0 Å². The SMILES string of the molecule is [2H]C([2H])(O)C1(C)CC1.[2H]C([2H])(OS(C)(=O)=O)C1(C)CC1. The molecular weight excluding hydrogens is 228 g/mol. The molecule has 0 spiro atoms. The van der Waals surface area contributed by atoms with E-state index in [1.807, 2.05) is 0 Å². The number of aliphatic hydroxyl groups is 1. The summed E-state index contributed by atoms with van der Waals surface area (Å²) in [4.78, 5) is 0. The Hall–Kier alpha value is -0.130. The van der Waals surface area contributed by atoms with Gasteiger partial charge in [-0.05, 0) is 36.5 Å². The van der Waals surface area contributed by atoms with Gasteiger partial charge >= 0.3 is 0 Å². The second kappa shape index (κ2) is 4.63. The first-order valence-corrected chi connectivity index (χ1v) is 7.07. The molecule has 2 aliphatic carbocycles. The molecule has 0 unspecified atom stereocenters. The smallest absolute Gasteiger partial charge is 0.264 e. The van der Waals surface area contributed by atoms with E-state index >= 15 is 0 Å². The van der Waals surface area contributed by atoms with Gasteiger partial charge in [-0.3, -0.25) is 4.18 Å². The molecule has 0 heterocycles. The Morgan fingerprint density at radius 2 is 1.69 bits per heavy atom. The van der Waals surface area contributed by atoms with Crippen LogP contribution in [0.4, 0.5) is 0 Å². The van der Waals surface area contributed by atoms with E-state index in [-0.39, 0.29) is 0 Å². The summed E-state index contributed by atoms with van der Waals surface area (Å²) in [6, 6.07) is 0. The van der Waals surface area contributed by atoms with Crippen LogP contribution < -0.4 is 0 Å². The first kappa shape index (κ1) is 8.89. The Bertz CT molecular complexity index is 458. The van der Waals surface area contributed by atoms with E-state index in [0.29, 0.717) is 12.8 Å². The van der Waals surface area contributed by atoms with E-state index in [2.05, 4.69) is 4.18 Å². The van der Waals surface area contributed by atoms with Gasteiger partial charge in [-0.15, -0.1) is 0 Å². The third-order valence-corrected chi connectivity index (χ3v) is 3.10. The first-order valence-electron chi connectivity index (χ1n) is 7.25. The topological polar surface area (TPSA) is 63.6 Å². The van der Waals surface area contributed by atoms with Gasteiger partial charge in [0.25, 0.3) is 10.1 Å². The lowest BCUT2D eigenvalue weighted by Crippen LogP contribution is -2.11. The van der Waals surface area contributed by atoms with E-state index in [9.17, 15) is 8.42 Å². The molecule has 0 aromatic heterocycles. The highest BCUT2D eigenvalue weighted by Gasteiger charge is 2.38. The fraction of sp³-hybridized carbons (Fsp3) is 1.00. The van der Waals surface area contributed by atoms with E-state index in [4.69, 9.17) is 10.6 Å². The molecule has 2 aliphatic rings. The molecule has 0 saturated heterocycles. The predicted molar refractivity (Wildman–Crippen MR) is 62.6 cm³/mol. The van der Waals surface area contributed by atoms with Gasteiger partial charge in [0, 0.05) is 6.56 Å². The van der Waals surface area contributed by atoms with Gasteiger partial charge in [-0.2, -0.15) is 8.42 Å². The number of rotatable bonds is 4. The van der Waals surface area contributed by atoms with Crippen LogP contribution in [0.3, 0.4) is 0 Å². The molecule has 4 nitrogen and oxygen atoms in total. The molecule has 0 atom stereocenters. The molecule has 2 saturated carbocycles. The van der Waals surface area contributed by atoms with Crippen molar-refractivity contribution in [3.05, 3.63) is 0 Å². The van der Waals surface area contributed by atoms with Gasteiger partial charge in [-0.1, -0.05) is 13.8 Å². The summed E-state index contributed by atoms with van der Waals surface area (Å²) in [5.41, 5.74) is -1.04. The van der Waals surface area contributed by atoms with Crippen molar-refractivity contribution in [3.8, 4) is 0 Å². The maximum absolute atomic E-state index is 10.7. The van der Waals surface area contributed by atoms with Crippen molar-refractivity contribution in [2.75, 3.05) is 19.4 Å². The molecular formula is C11H22O4S. The van der Waals surface area contributed by atoms with Crippen molar-refractivity contribution in [1.29, 1.82) is 0 Å². The monoisotopic (exact) mass is 254 g/mol. The minimum absolute atomic E-state index is 0.424. The van der Waals surface area contributed by atoms with Crippen LogP contribution >= 0.6 is 0 Å². The molecule has 2 fully saturated rings. The van der Waals surface area contributed by atoms with E-state index < -0.39 is 34.1 Å². The van der Waals surface area contributed by atoms with Crippen LogP contribution in [0.1, 0.15) is 45.0 Å². The minimum Gasteiger partial charge on any atom is -0.396 e. The molecule has 0 aromatic carbocycles. The van der Waals surface area contributed by atoms with Crippen LogP contribution in [-0.2, 0) is 14.3 Å². The summed E-state index contributed by atoms with van der Waals surface area (Å²) in [5.74, 6) is 0. The highest BCUT2D eigenvalue weighted by molar-refractivity contribution is 7.85. The van der Waals surface area contributed by atoms with Crippen molar-refractivity contribution in [2.45, 2.75) is 39.5 Å². The molecule has 0 bridgehead atoms. The average Bonchev–Trinajstić information content (AvgIpc) is 3.01. The molecule has 2 rings (SSSR count). The third-order valence-electron chi connectivity index (χ3n) is 2.71. The van der Waals surface area contributed by atoms with Crippen LogP contribution in [0, 0.1) is 10.8 Å². The lowest BCUT2D eigenvalue weighted by Gasteiger charge is -2.05. The van der Waals surface area contributed by atoms with Gasteiger partial charge in [0.1, 0.15) is 0 Å². The van der Waals surface area contributed by atoms with Crippen LogP contribution in [0.25, 0.3) is 0 Å². The predicted octanol–water partition coefficient (Wildman–Crippen LogP) is 1.54. The van der Waals surface area contributed by atoms with E-state index in [1.165, 1.54) is 0 Å². The third kappa shape index (κ3) is 5.82. The summed E-state index contributed by atoms with van der Waals surface area (Å²) in [6.07, 6.45) is 3.84. The van der Waals surface area contributed by atoms with Crippen LogP contribution in [0.2, 0.25) is 0 Å². The van der Waals surface area contributed by atoms with Crippen molar-refractivity contribution in [1.82, 2.24) is 0 Å². The quantitative estimate of drug-likeness (QED) is 0.773. The zero-order valence-corrected chi connectivity index (χ0v) is 10.7. The summed E-state index contributed by atoms with van der Waals surface area (Å²) in [5, 5.41) is 8.75. The van der Waals surface area contributed by atoms with Crippen LogP contribution in [-0.4, -0.2) is 32.9 Å². The van der Waals surface area contributed by atoms with Gasteiger partial charge in [0.15, 0.2) is 0 Å². The zero-order valence-electron chi connectivity index (χ0n) is 13.9. The minimum atomic E-state index is -3.70. The molecule has 0 aliphatic heterocycles. The summed E-state index contributed by atoms with van der Waals surface area (Å²) in [6.45, 7) is -0.571. The fourth-order valence-corrected chi connectivity index (χ4v) is 1.12. The zero-order chi connectivity index (χ0) is 16.0. The number of hydrogen-bond donors (Lipinski definition) is 1. The molecule has 0 amide bonds. The van der Waals surface area contributed by atoms with E-state index in [1.54, 1.807) is 13.8 Å². The van der Waals surface area contributed by atoms with Crippen molar-refractivity contribution in [2.24, 2.45) is 10.8 Å². The Labute approximate surface area is 104 Å². The largest absolute Gasteiger partial charge is 0.396 e. The molecule has 96 valence electrons. The molecule has 16 heavy (non-hydrogen) atoms. The van der Waals surface area contributed by atoms with Crippen LogP contribution in [0.5, 0.6) is 0 Å². The summed E-state index contributed by atoms with van der Waals surface area (Å²) >= 11 is 0. The van der Waals surface area contributed by atoms with Crippen molar-refractivity contribution < 1.29 is 23.2 Å². The Balaban J connectivity index is 0.000000217. The lowest BCUT2D eigenvalue weighted by atomic mass is 10.2. The van der Waals surface area contributed by atoms with Crippen molar-refractivity contribution in [3.63, 3.8) is 0 Å². The summed E-state index contributed by atoms with van der Waals surface area (Å²) < 4.78 is 54.1. The Kier molecular flexibility index (Phi) is 2.57. The number of hydrogen-bond acceptors (Lipinski definition) is 4. The Morgan fingerprint density at radius 3 is 1.88 bits per heavy atom. The fourth-order valence-electron chi connectivity index (χ4n) is 0.765. The van der Waals surface area contributed by atoms with Gasteiger partial charge in [0.2, 0.25) is 0 Å². The second-order valence-corrected chi connectivity index (χ2v) is 6.70. The van der Waals surface area contributed by atoms with Crippen LogP contribution in [0.15, 0.2) is 0 Å². The average molecular weight is 254 g/mol.